The highest BCUT2D eigenvalue weighted by Gasteiger charge is 2.68. The van der Waals surface area contributed by atoms with Crippen LogP contribution in [0.4, 0.5) is 0 Å². The van der Waals surface area contributed by atoms with Gasteiger partial charge in [0.2, 0.25) is 5.91 Å². The van der Waals surface area contributed by atoms with E-state index in [0.29, 0.717) is 36.9 Å². The molecule has 2 saturated heterocycles. The van der Waals surface area contributed by atoms with Crippen LogP contribution in [-0.2, 0) is 20.5 Å². The van der Waals surface area contributed by atoms with Crippen LogP contribution in [-0.4, -0.2) is 60.6 Å². The summed E-state index contributed by atoms with van der Waals surface area (Å²) in [5, 5.41) is 3.30. The van der Waals surface area contributed by atoms with Crippen LogP contribution in [0.5, 0.6) is 0 Å². The summed E-state index contributed by atoms with van der Waals surface area (Å²) in [6.07, 6.45) is 6.96. The lowest BCUT2D eigenvalue weighted by Gasteiger charge is -2.64. The summed E-state index contributed by atoms with van der Waals surface area (Å²) in [5.74, 6) is 0.640. The second-order valence-corrected chi connectivity index (χ2v) is 14.2. The highest BCUT2D eigenvalue weighted by molar-refractivity contribution is 6.47. The van der Waals surface area contributed by atoms with Gasteiger partial charge in [-0.15, -0.1) is 12.4 Å². The van der Waals surface area contributed by atoms with Gasteiger partial charge in [-0.2, -0.15) is 0 Å². The van der Waals surface area contributed by atoms with E-state index in [4.69, 9.17) is 15.0 Å². The fourth-order valence-corrected chi connectivity index (χ4v) is 8.43. The molecule has 2 aliphatic heterocycles. The van der Waals surface area contributed by atoms with E-state index in [2.05, 4.69) is 51.2 Å². The number of hydrogen-bond acceptors (Lipinski definition) is 5. The van der Waals surface area contributed by atoms with Crippen molar-refractivity contribution in [2.75, 3.05) is 13.1 Å². The van der Waals surface area contributed by atoms with E-state index in [1.807, 2.05) is 30.3 Å². The topological polar surface area (TPSA) is 93.9 Å². The molecule has 44 heavy (non-hydrogen) atoms. The minimum Gasteiger partial charge on any atom is -0.404 e. The zero-order valence-electron chi connectivity index (χ0n) is 26.7. The van der Waals surface area contributed by atoms with Gasteiger partial charge < -0.3 is 25.3 Å². The SMILES string of the molecule is Cc1ccccc1Cc1cccc(C(=O)N2CCC[C@H]2C(=O)N[C@@H](CCCCN)B2O[C@@H]3C[C@@H]4C[C@@H](C4(C)C)[C@]3(C)O2)c1.Cl. The van der Waals surface area contributed by atoms with Gasteiger partial charge in [-0.25, -0.2) is 0 Å². The third-order valence-corrected chi connectivity index (χ3v) is 11.2. The average Bonchev–Trinajstić information content (AvgIpc) is 3.62. The Bertz CT molecular complexity index is 1360. The second kappa shape index (κ2) is 13.2. The summed E-state index contributed by atoms with van der Waals surface area (Å²) in [6, 6.07) is 15.7. The van der Waals surface area contributed by atoms with Crippen molar-refractivity contribution in [2.24, 2.45) is 23.0 Å². The molecular weight excluding hydrogens is 573 g/mol. The molecule has 9 heteroatoms. The number of carbonyl (C=O) groups is 2. The van der Waals surface area contributed by atoms with E-state index >= 15 is 0 Å². The van der Waals surface area contributed by atoms with Crippen LogP contribution in [0.2, 0.25) is 0 Å². The molecule has 3 aliphatic carbocycles. The van der Waals surface area contributed by atoms with Crippen LogP contribution in [0.1, 0.15) is 92.8 Å². The Labute approximate surface area is 269 Å². The molecule has 2 aromatic carbocycles. The van der Waals surface area contributed by atoms with Gasteiger partial charge >= 0.3 is 7.12 Å². The molecule has 2 heterocycles. The van der Waals surface area contributed by atoms with Crippen LogP contribution < -0.4 is 11.1 Å². The molecule has 5 aliphatic rings. The van der Waals surface area contributed by atoms with Crippen molar-refractivity contribution in [1.29, 1.82) is 0 Å². The Morgan fingerprint density at radius 1 is 1.11 bits per heavy atom. The lowest BCUT2D eigenvalue weighted by molar-refractivity contribution is -0.199. The van der Waals surface area contributed by atoms with Gasteiger partial charge in [0.05, 0.1) is 17.6 Å². The van der Waals surface area contributed by atoms with Gasteiger partial charge in [0, 0.05) is 12.1 Å². The molecule has 2 amide bonds. The molecule has 7 nitrogen and oxygen atoms in total. The molecule has 0 unspecified atom stereocenters. The molecule has 0 aromatic heterocycles. The predicted molar refractivity (Wildman–Crippen MR) is 177 cm³/mol. The number of nitrogens with one attached hydrogen (secondary N) is 1. The Balaban J connectivity index is 0.00000384. The fraction of sp³-hybridized carbons (Fsp3) is 0.600. The number of amides is 2. The molecular formula is C35H49BClN3O4. The Hall–Kier alpha value is -2.39. The first kappa shape index (κ1) is 33.0. The van der Waals surface area contributed by atoms with Gasteiger partial charge in [-0.3, -0.25) is 9.59 Å². The van der Waals surface area contributed by atoms with Crippen LogP contribution in [0.15, 0.2) is 48.5 Å². The van der Waals surface area contributed by atoms with Gasteiger partial charge in [-0.1, -0.05) is 56.7 Å². The number of likely N-dealkylation sites (tertiary alicyclic amines) is 1. The number of rotatable bonds is 10. The number of benzene rings is 2. The summed E-state index contributed by atoms with van der Waals surface area (Å²) in [4.78, 5) is 29.4. The van der Waals surface area contributed by atoms with Crippen molar-refractivity contribution in [3.8, 4) is 0 Å². The molecule has 6 atom stereocenters. The van der Waals surface area contributed by atoms with Crippen LogP contribution in [0, 0.1) is 24.2 Å². The van der Waals surface area contributed by atoms with E-state index in [1.165, 1.54) is 17.5 Å². The molecule has 0 radical (unpaired) electrons. The summed E-state index contributed by atoms with van der Waals surface area (Å²) in [7, 11) is -0.490. The Morgan fingerprint density at radius 2 is 1.91 bits per heavy atom. The summed E-state index contributed by atoms with van der Waals surface area (Å²) < 4.78 is 13.3. The highest BCUT2D eigenvalue weighted by Crippen LogP contribution is 2.65. The van der Waals surface area contributed by atoms with E-state index in [0.717, 1.165) is 44.1 Å². The summed E-state index contributed by atoms with van der Waals surface area (Å²) >= 11 is 0. The minimum absolute atomic E-state index is 0. The average molecular weight is 622 g/mol. The van der Waals surface area contributed by atoms with Gasteiger partial charge in [0.25, 0.3) is 5.91 Å². The van der Waals surface area contributed by atoms with Gasteiger partial charge in [0.15, 0.2) is 0 Å². The van der Waals surface area contributed by atoms with E-state index in [9.17, 15) is 9.59 Å². The number of unbranched alkanes of at least 4 members (excludes halogenated alkanes) is 1. The number of halogens is 1. The van der Waals surface area contributed by atoms with E-state index < -0.39 is 13.2 Å². The highest BCUT2D eigenvalue weighted by atomic mass is 35.5. The van der Waals surface area contributed by atoms with Crippen LogP contribution in [0.25, 0.3) is 0 Å². The van der Waals surface area contributed by atoms with Crippen molar-refractivity contribution >= 4 is 31.3 Å². The minimum atomic E-state index is -0.504. The van der Waals surface area contributed by atoms with Crippen molar-refractivity contribution < 1.29 is 18.9 Å². The number of hydrogen-bond donors (Lipinski definition) is 2. The molecule has 0 spiro atoms. The molecule has 3 N–H and O–H groups in total. The Kier molecular flexibility index (Phi) is 9.86. The summed E-state index contributed by atoms with van der Waals surface area (Å²) in [5.41, 5.74) is 9.94. The number of carbonyl (C=O) groups excluding carboxylic acids is 2. The zero-order chi connectivity index (χ0) is 30.4. The quantitative estimate of drug-likeness (QED) is 0.270. The summed E-state index contributed by atoms with van der Waals surface area (Å²) in [6.45, 7) is 10.2. The van der Waals surface area contributed by atoms with Crippen molar-refractivity contribution in [3.63, 3.8) is 0 Å². The third-order valence-electron chi connectivity index (χ3n) is 11.2. The van der Waals surface area contributed by atoms with E-state index in [1.54, 1.807) is 4.90 Å². The van der Waals surface area contributed by atoms with Crippen LogP contribution in [0.3, 0.4) is 0 Å². The lowest BCUT2D eigenvalue weighted by Crippen LogP contribution is -2.65. The number of nitrogens with two attached hydrogens (primary N) is 1. The largest absolute Gasteiger partial charge is 0.481 e. The van der Waals surface area contributed by atoms with Crippen molar-refractivity contribution in [3.05, 3.63) is 70.8 Å². The first-order chi connectivity index (χ1) is 20.6. The van der Waals surface area contributed by atoms with Gasteiger partial charge in [0.1, 0.15) is 6.04 Å². The standard InChI is InChI=1S/C35H48BN3O4.ClH/c1-23-11-5-6-13-25(23)19-24-12-9-14-26(20-24)33(41)39-18-10-15-28(39)32(40)38-31(16-7-8-17-37)36-42-30-22-27-21-29(34(27,2)3)35(30,4)43-36;/h5-6,9,11-14,20,27-31H,7-8,10,15-19,21-22,37H2,1-4H3,(H,38,40);1H/t27-,28-,29-,30+,31-,35-;/m0./s1. The molecule has 7 rings (SSSR count). The number of aryl methyl sites for hydroxylation is 1. The Morgan fingerprint density at radius 3 is 2.66 bits per heavy atom. The van der Waals surface area contributed by atoms with Crippen molar-refractivity contribution in [2.45, 2.75) is 103 Å². The number of nitrogens with zero attached hydrogens (tertiary/aromatic N) is 1. The molecule has 238 valence electrons. The second-order valence-electron chi connectivity index (χ2n) is 14.2. The fourth-order valence-electron chi connectivity index (χ4n) is 8.43. The van der Waals surface area contributed by atoms with E-state index in [-0.39, 0.29) is 47.3 Å². The first-order valence-corrected chi connectivity index (χ1v) is 16.4. The monoisotopic (exact) mass is 621 g/mol. The molecule has 2 bridgehead atoms. The lowest BCUT2D eigenvalue weighted by atomic mass is 9.43. The van der Waals surface area contributed by atoms with Gasteiger partial charge in [-0.05, 0) is 111 Å². The van der Waals surface area contributed by atoms with Crippen LogP contribution >= 0.6 is 12.4 Å². The maximum absolute atomic E-state index is 13.9. The molecule has 2 aromatic rings. The zero-order valence-corrected chi connectivity index (χ0v) is 27.5. The smallest absolute Gasteiger partial charge is 0.404 e. The molecule has 5 fully saturated rings. The normalized spacial score (nSPS) is 28.9. The molecule has 3 saturated carbocycles. The predicted octanol–water partition coefficient (Wildman–Crippen LogP) is 5.49. The third kappa shape index (κ3) is 6.07. The maximum Gasteiger partial charge on any atom is 0.481 e. The van der Waals surface area contributed by atoms with Crippen molar-refractivity contribution in [1.82, 2.24) is 10.2 Å². The maximum atomic E-state index is 13.9. The first-order valence-electron chi connectivity index (χ1n) is 16.4.